The zero-order valence-electron chi connectivity index (χ0n) is 12.3. The fourth-order valence-corrected chi connectivity index (χ4v) is 2.67. The number of alkyl halides is 3. The Bertz CT molecular complexity index is 821. The van der Waals surface area contributed by atoms with E-state index in [1.165, 1.54) is 12.1 Å². The minimum Gasteiger partial charge on any atom is -0.369 e. The second kappa shape index (κ2) is 5.95. The largest absolute Gasteiger partial charge is 0.416 e. The predicted octanol–water partition coefficient (Wildman–Crippen LogP) is 4.27. The van der Waals surface area contributed by atoms with Crippen LogP contribution in [0.3, 0.4) is 0 Å². The van der Waals surface area contributed by atoms with E-state index in [0.29, 0.717) is 30.9 Å². The highest BCUT2D eigenvalue weighted by atomic mass is 19.4. The highest BCUT2D eigenvalue weighted by molar-refractivity contribution is 5.78. The van der Waals surface area contributed by atoms with Crippen LogP contribution in [0.2, 0.25) is 0 Å². The normalized spacial score (nSPS) is 12.0. The number of anilines is 1. The van der Waals surface area contributed by atoms with Crippen LogP contribution >= 0.6 is 0 Å². The lowest BCUT2D eigenvalue weighted by Crippen LogP contribution is -2.06. The van der Waals surface area contributed by atoms with Gasteiger partial charge in [0.05, 0.1) is 16.6 Å². The number of aryl methyl sites for hydroxylation is 2. The van der Waals surface area contributed by atoms with Gasteiger partial charge in [-0.1, -0.05) is 30.3 Å². The number of fused-ring (bicyclic) bond motifs is 1. The van der Waals surface area contributed by atoms with Crippen LogP contribution in [0.25, 0.3) is 11.0 Å². The summed E-state index contributed by atoms with van der Waals surface area (Å²) in [6.45, 7) is 0.614. The Morgan fingerprint density at radius 1 is 1.04 bits per heavy atom. The van der Waals surface area contributed by atoms with Gasteiger partial charge < -0.3 is 10.3 Å². The van der Waals surface area contributed by atoms with Gasteiger partial charge in [0, 0.05) is 6.54 Å². The van der Waals surface area contributed by atoms with Crippen molar-refractivity contribution in [3.05, 3.63) is 59.7 Å². The fourth-order valence-electron chi connectivity index (χ4n) is 2.67. The van der Waals surface area contributed by atoms with E-state index < -0.39 is 11.7 Å². The molecule has 1 aromatic heterocycles. The minimum absolute atomic E-state index is 0.426. The van der Waals surface area contributed by atoms with Crippen molar-refractivity contribution in [3.63, 3.8) is 0 Å². The van der Waals surface area contributed by atoms with E-state index in [-0.39, 0.29) is 0 Å². The molecule has 3 aromatic rings. The Kier molecular flexibility index (Phi) is 3.98. The Morgan fingerprint density at radius 3 is 2.61 bits per heavy atom. The summed E-state index contributed by atoms with van der Waals surface area (Å²) in [7, 11) is 0. The van der Waals surface area contributed by atoms with E-state index >= 15 is 0 Å². The molecule has 0 unspecified atom stereocenters. The van der Waals surface area contributed by atoms with E-state index in [1.54, 1.807) is 6.07 Å². The van der Waals surface area contributed by atoms with Gasteiger partial charge in [0.1, 0.15) is 0 Å². The summed E-state index contributed by atoms with van der Waals surface area (Å²) in [5.41, 5.74) is 7.74. The molecule has 3 rings (SSSR count). The first kappa shape index (κ1) is 15.4. The van der Waals surface area contributed by atoms with Crippen molar-refractivity contribution < 1.29 is 13.2 Å². The number of halogens is 3. The lowest BCUT2D eigenvalue weighted by molar-refractivity contribution is -0.137. The maximum absolute atomic E-state index is 12.7. The van der Waals surface area contributed by atoms with Crippen molar-refractivity contribution >= 4 is 17.0 Å². The van der Waals surface area contributed by atoms with Gasteiger partial charge in [-0.25, -0.2) is 4.98 Å². The highest BCUT2D eigenvalue weighted by Gasteiger charge is 2.30. The molecule has 0 saturated carbocycles. The molecule has 0 atom stereocenters. The van der Waals surface area contributed by atoms with Crippen molar-refractivity contribution in [2.45, 2.75) is 25.6 Å². The van der Waals surface area contributed by atoms with Crippen molar-refractivity contribution in [1.82, 2.24) is 9.55 Å². The molecular weight excluding hydrogens is 303 g/mol. The minimum atomic E-state index is -4.30. The average Bonchev–Trinajstić information content (AvgIpc) is 2.83. The van der Waals surface area contributed by atoms with Crippen LogP contribution in [0.4, 0.5) is 19.1 Å². The molecule has 0 aliphatic carbocycles. The summed E-state index contributed by atoms with van der Waals surface area (Å²) >= 11 is 0. The molecule has 6 heteroatoms. The molecule has 0 spiro atoms. The first-order valence-corrected chi connectivity index (χ1v) is 7.32. The molecule has 0 radical (unpaired) electrons. The van der Waals surface area contributed by atoms with Gasteiger partial charge in [-0.05, 0) is 36.6 Å². The van der Waals surface area contributed by atoms with Crippen LogP contribution in [-0.4, -0.2) is 9.55 Å². The van der Waals surface area contributed by atoms with Crippen LogP contribution in [0.1, 0.15) is 17.5 Å². The molecule has 1 heterocycles. The van der Waals surface area contributed by atoms with Crippen LogP contribution in [0.15, 0.2) is 48.5 Å². The van der Waals surface area contributed by atoms with Crippen molar-refractivity contribution in [2.24, 2.45) is 0 Å². The van der Waals surface area contributed by atoms with E-state index in [9.17, 15) is 13.2 Å². The Labute approximate surface area is 131 Å². The maximum Gasteiger partial charge on any atom is 0.416 e. The quantitative estimate of drug-likeness (QED) is 0.780. The number of aromatic nitrogens is 2. The zero-order valence-corrected chi connectivity index (χ0v) is 12.3. The standard InChI is InChI=1S/C17H16F3N3/c18-17(19,20)13-7-3-5-12(11-13)6-4-10-23-15-9-2-1-8-14(15)22-16(23)21/h1-3,5,7-9,11H,4,6,10H2,(H2,21,22). The lowest BCUT2D eigenvalue weighted by Gasteiger charge is -2.09. The smallest absolute Gasteiger partial charge is 0.369 e. The molecule has 0 aliphatic rings. The van der Waals surface area contributed by atoms with Gasteiger partial charge in [-0.15, -0.1) is 0 Å². The fraction of sp³-hybridized carbons (Fsp3) is 0.235. The number of nitrogen functional groups attached to an aromatic ring is 1. The van der Waals surface area contributed by atoms with Gasteiger partial charge in [0.2, 0.25) is 5.95 Å². The van der Waals surface area contributed by atoms with E-state index in [0.717, 1.165) is 17.1 Å². The summed E-state index contributed by atoms with van der Waals surface area (Å²) in [6.07, 6.45) is -3.07. The molecule has 0 amide bonds. The molecule has 2 N–H and O–H groups in total. The molecule has 2 aromatic carbocycles. The number of benzene rings is 2. The van der Waals surface area contributed by atoms with E-state index in [1.807, 2.05) is 28.8 Å². The molecule has 3 nitrogen and oxygen atoms in total. The third kappa shape index (κ3) is 3.31. The van der Waals surface area contributed by atoms with E-state index in [4.69, 9.17) is 5.73 Å². The molecule has 120 valence electrons. The van der Waals surface area contributed by atoms with Crippen molar-refractivity contribution in [3.8, 4) is 0 Å². The molecule has 0 aliphatic heterocycles. The second-order valence-electron chi connectivity index (χ2n) is 5.41. The SMILES string of the molecule is Nc1nc2ccccc2n1CCCc1cccc(C(F)(F)F)c1. The number of nitrogens with two attached hydrogens (primary N) is 1. The number of hydrogen-bond acceptors (Lipinski definition) is 2. The second-order valence-corrected chi connectivity index (χ2v) is 5.41. The van der Waals surface area contributed by atoms with Crippen LogP contribution in [0, 0.1) is 0 Å². The number of rotatable bonds is 4. The molecular formula is C17H16F3N3. The van der Waals surface area contributed by atoms with Gasteiger partial charge in [0.15, 0.2) is 0 Å². The first-order valence-electron chi connectivity index (χ1n) is 7.32. The number of nitrogens with zero attached hydrogens (tertiary/aromatic N) is 2. The van der Waals surface area contributed by atoms with Gasteiger partial charge in [-0.3, -0.25) is 0 Å². The lowest BCUT2D eigenvalue weighted by atomic mass is 10.1. The number of hydrogen-bond donors (Lipinski definition) is 1. The van der Waals surface area contributed by atoms with E-state index in [2.05, 4.69) is 4.98 Å². The topological polar surface area (TPSA) is 43.8 Å². The summed E-state index contributed by atoms with van der Waals surface area (Å²) in [5, 5.41) is 0. The third-order valence-corrected chi connectivity index (χ3v) is 3.79. The summed E-state index contributed by atoms with van der Waals surface area (Å²) in [6, 6.07) is 13.1. The van der Waals surface area contributed by atoms with Crippen LogP contribution < -0.4 is 5.73 Å². The average molecular weight is 319 g/mol. The zero-order chi connectivity index (χ0) is 16.4. The van der Waals surface area contributed by atoms with Crippen LogP contribution in [-0.2, 0) is 19.1 Å². The van der Waals surface area contributed by atoms with Gasteiger partial charge in [0.25, 0.3) is 0 Å². The molecule has 23 heavy (non-hydrogen) atoms. The molecule has 0 saturated heterocycles. The third-order valence-electron chi connectivity index (χ3n) is 3.79. The predicted molar refractivity (Wildman–Crippen MR) is 83.9 cm³/mol. The summed E-state index contributed by atoms with van der Waals surface area (Å²) < 4.78 is 40.0. The van der Waals surface area contributed by atoms with Crippen molar-refractivity contribution in [2.75, 3.05) is 5.73 Å². The first-order chi connectivity index (χ1) is 10.9. The molecule has 0 bridgehead atoms. The van der Waals surface area contributed by atoms with Crippen molar-refractivity contribution in [1.29, 1.82) is 0 Å². The summed E-state index contributed by atoms with van der Waals surface area (Å²) in [5.74, 6) is 0.426. The van der Waals surface area contributed by atoms with Crippen LogP contribution in [0.5, 0.6) is 0 Å². The highest BCUT2D eigenvalue weighted by Crippen LogP contribution is 2.29. The molecule has 0 fully saturated rings. The Hall–Kier alpha value is -2.50. The van der Waals surface area contributed by atoms with Gasteiger partial charge in [-0.2, -0.15) is 13.2 Å². The number of imidazole rings is 1. The maximum atomic E-state index is 12.7. The summed E-state index contributed by atoms with van der Waals surface area (Å²) in [4.78, 5) is 4.28. The Balaban J connectivity index is 1.71. The number of para-hydroxylation sites is 2. The monoisotopic (exact) mass is 319 g/mol. The Morgan fingerprint density at radius 2 is 1.83 bits per heavy atom. The van der Waals surface area contributed by atoms with Gasteiger partial charge >= 0.3 is 6.18 Å².